The number of rotatable bonds is 9. The molecule has 0 saturated heterocycles. The fourth-order valence-corrected chi connectivity index (χ4v) is 2.67. The molecule has 2 aromatic heterocycles. The number of para-hydroxylation sites is 1. The number of likely N-dealkylation sites (N-methyl/N-ethyl adjacent to an activating group) is 1. The summed E-state index contributed by atoms with van der Waals surface area (Å²) in [4.78, 5) is 18.5. The second-order valence-corrected chi connectivity index (χ2v) is 6.44. The molecule has 3 rings (SSSR count). The number of aryl methyl sites for hydroxylation is 1. The highest BCUT2D eigenvalue weighted by Gasteiger charge is 2.13. The normalized spacial score (nSPS) is 11.9. The Balaban J connectivity index is 1.37. The van der Waals surface area contributed by atoms with Crippen molar-refractivity contribution in [2.45, 2.75) is 32.2 Å². The summed E-state index contributed by atoms with van der Waals surface area (Å²) in [5.41, 5.74) is 1.13. The number of aromatic nitrogens is 2. The number of furan rings is 1. The van der Waals surface area contributed by atoms with Gasteiger partial charge in [0.15, 0.2) is 5.76 Å². The van der Waals surface area contributed by atoms with Crippen molar-refractivity contribution >= 4 is 11.6 Å². The monoisotopic (exact) mass is 368 g/mol. The lowest BCUT2D eigenvalue weighted by Crippen LogP contribution is -2.40. The zero-order chi connectivity index (χ0) is 19.1. The molecular formula is C20H24N4O3. The number of anilines is 1. The first kappa shape index (κ1) is 18.7. The minimum absolute atomic E-state index is 0.0223. The van der Waals surface area contributed by atoms with Crippen molar-refractivity contribution < 1.29 is 13.7 Å². The van der Waals surface area contributed by atoms with Crippen molar-refractivity contribution in [2.24, 2.45) is 0 Å². The molecule has 0 spiro atoms. The summed E-state index contributed by atoms with van der Waals surface area (Å²) in [7, 11) is 2.03. The van der Waals surface area contributed by atoms with Gasteiger partial charge in [0.2, 0.25) is 17.6 Å². The van der Waals surface area contributed by atoms with Crippen LogP contribution >= 0.6 is 0 Å². The molecular weight excluding hydrogens is 344 g/mol. The maximum Gasteiger partial charge on any atom is 0.238 e. The molecule has 0 aliphatic carbocycles. The van der Waals surface area contributed by atoms with E-state index in [0.717, 1.165) is 5.69 Å². The zero-order valence-corrected chi connectivity index (χ0v) is 15.6. The lowest BCUT2D eigenvalue weighted by molar-refractivity contribution is -0.121. The number of hydrogen-bond acceptors (Lipinski definition) is 6. The maximum atomic E-state index is 12.1. The van der Waals surface area contributed by atoms with E-state index >= 15 is 0 Å². The van der Waals surface area contributed by atoms with Crippen molar-refractivity contribution in [1.82, 2.24) is 15.5 Å². The van der Waals surface area contributed by atoms with E-state index in [1.54, 1.807) is 18.4 Å². The number of carbonyl (C=O) groups excluding carboxylic acids is 1. The molecule has 0 radical (unpaired) electrons. The van der Waals surface area contributed by atoms with Crippen LogP contribution in [0.3, 0.4) is 0 Å². The summed E-state index contributed by atoms with van der Waals surface area (Å²) in [6, 6.07) is 13.9. The quantitative estimate of drug-likeness (QED) is 0.624. The van der Waals surface area contributed by atoms with Crippen LogP contribution in [-0.2, 0) is 11.2 Å². The van der Waals surface area contributed by atoms with Crippen molar-refractivity contribution in [3.05, 3.63) is 54.6 Å². The number of nitrogens with one attached hydrogen (secondary N) is 1. The SMILES string of the molecule is C[C@@H](CNC(=O)CCCc1nc(-c2ccco2)no1)N(C)c1ccccc1. The third-order valence-corrected chi connectivity index (χ3v) is 4.42. The van der Waals surface area contributed by atoms with Crippen LogP contribution in [0.5, 0.6) is 0 Å². The van der Waals surface area contributed by atoms with Gasteiger partial charge in [0.05, 0.1) is 6.26 Å². The van der Waals surface area contributed by atoms with Crippen LogP contribution in [0, 0.1) is 0 Å². The smallest absolute Gasteiger partial charge is 0.238 e. The third kappa shape index (κ3) is 5.20. The minimum atomic E-state index is 0.0223. The van der Waals surface area contributed by atoms with Crippen LogP contribution in [-0.4, -0.2) is 35.7 Å². The largest absolute Gasteiger partial charge is 0.461 e. The number of nitrogens with zero attached hydrogens (tertiary/aromatic N) is 3. The van der Waals surface area contributed by atoms with Crippen LogP contribution in [0.2, 0.25) is 0 Å². The number of hydrogen-bond donors (Lipinski definition) is 1. The zero-order valence-electron chi connectivity index (χ0n) is 15.6. The van der Waals surface area contributed by atoms with Crippen molar-refractivity contribution in [2.75, 3.05) is 18.5 Å². The standard InChI is InChI=1S/C20H24N4O3/c1-15(24(2)16-8-4-3-5-9-16)14-21-18(25)11-6-12-19-22-20(23-27-19)17-10-7-13-26-17/h3-5,7-10,13,15H,6,11-12,14H2,1-2H3,(H,21,25)/t15-/m0/s1. The van der Waals surface area contributed by atoms with Gasteiger partial charge in [-0.3, -0.25) is 4.79 Å². The van der Waals surface area contributed by atoms with E-state index in [2.05, 4.69) is 39.4 Å². The Labute approximate surface area is 158 Å². The van der Waals surface area contributed by atoms with Gasteiger partial charge in [0, 0.05) is 38.2 Å². The summed E-state index contributed by atoms with van der Waals surface area (Å²) in [6.45, 7) is 2.68. The van der Waals surface area contributed by atoms with Gasteiger partial charge in [-0.05, 0) is 37.6 Å². The van der Waals surface area contributed by atoms with E-state index in [4.69, 9.17) is 8.94 Å². The Morgan fingerprint density at radius 3 is 2.78 bits per heavy atom. The van der Waals surface area contributed by atoms with Crippen LogP contribution in [0.4, 0.5) is 5.69 Å². The highest BCUT2D eigenvalue weighted by molar-refractivity contribution is 5.75. The fraction of sp³-hybridized carbons (Fsp3) is 0.350. The van der Waals surface area contributed by atoms with Crippen LogP contribution in [0.1, 0.15) is 25.7 Å². The van der Waals surface area contributed by atoms with E-state index in [1.165, 1.54) is 0 Å². The molecule has 27 heavy (non-hydrogen) atoms. The maximum absolute atomic E-state index is 12.1. The van der Waals surface area contributed by atoms with Crippen LogP contribution in [0.25, 0.3) is 11.6 Å². The molecule has 1 N–H and O–H groups in total. The van der Waals surface area contributed by atoms with E-state index in [1.807, 2.05) is 25.2 Å². The Bertz CT molecular complexity index is 830. The molecule has 2 heterocycles. The van der Waals surface area contributed by atoms with Crippen molar-refractivity contribution in [3.8, 4) is 11.6 Å². The Morgan fingerprint density at radius 1 is 1.22 bits per heavy atom. The van der Waals surface area contributed by atoms with Gasteiger partial charge in [0.1, 0.15) is 0 Å². The summed E-state index contributed by atoms with van der Waals surface area (Å²) in [5.74, 6) is 1.52. The van der Waals surface area contributed by atoms with Gasteiger partial charge in [-0.15, -0.1) is 0 Å². The Hall–Kier alpha value is -3.09. The van der Waals surface area contributed by atoms with Crippen LogP contribution < -0.4 is 10.2 Å². The molecule has 1 aromatic carbocycles. The Morgan fingerprint density at radius 2 is 2.04 bits per heavy atom. The average molecular weight is 368 g/mol. The first-order valence-electron chi connectivity index (χ1n) is 9.04. The first-order valence-corrected chi connectivity index (χ1v) is 9.04. The minimum Gasteiger partial charge on any atom is -0.461 e. The highest BCUT2D eigenvalue weighted by Crippen LogP contribution is 2.16. The molecule has 0 fully saturated rings. The van der Waals surface area contributed by atoms with E-state index in [9.17, 15) is 4.79 Å². The number of amides is 1. The molecule has 7 heteroatoms. The molecule has 0 saturated carbocycles. The second kappa shape index (κ2) is 9.02. The highest BCUT2D eigenvalue weighted by atomic mass is 16.5. The topological polar surface area (TPSA) is 84.4 Å². The molecule has 3 aromatic rings. The van der Waals surface area contributed by atoms with E-state index in [-0.39, 0.29) is 11.9 Å². The molecule has 1 atom stereocenters. The van der Waals surface area contributed by atoms with Gasteiger partial charge in [-0.1, -0.05) is 23.4 Å². The molecule has 0 bridgehead atoms. The Kier molecular flexibility index (Phi) is 6.25. The summed E-state index contributed by atoms with van der Waals surface area (Å²) in [5, 5.41) is 6.86. The van der Waals surface area contributed by atoms with Crippen LogP contribution in [0.15, 0.2) is 57.7 Å². The summed E-state index contributed by atoms with van der Waals surface area (Å²) < 4.78 is 10.4. The number of benzene rings is 1. The fourth-order valence-electron chi connectivity index (χ4n) is 2.67. The molecule has 1 amide bonds. The lowest BCUT2D eigenvalue weighted by atomic mass is 10.2. The van der Waals surface area contributed by atoms with Crippen molar-refractivity contribution in [1.29, 1.82) is 0 Å². The first-order chi connectivity index (χ1) is 13.1. The van der Waals surface area contributed by atoms with Gasteiger partial charge in [0.25, 0.3) is 0 Å². The molecule has 0 aliphatic rings. The third-order valence-electron chi connectivity index (χ3n) is 4.42. The summed E-state index contributed by atoms with van der Waals surface area (Å²) >= 11 is 0. The molecule has 0 aliphatic heterocycles. The van der Waals surface area contributed by atoms with E-state index < -0.39 is 0 Å². The predicted molar refractivity (Wildman–Crippen MR) is 102 cm³/mol. The lowest BCUT2D eigenvalue weighted by Gasteiger charge is -2.27. The van der Waals surface area contributed by atoms with Gasteiger partial charge >= 0.3 is 0 Å². The molecule has 142 valence electrons. The van der Waals surface area contributed by atoms with Gasteiger partial charge in [-0.2, -0.15) is 4.98 Å². The number of carbonyl (C=O) groups is 1. The van der Waals surface area contributed by atoms with Crippen molar-refractivity contribution in [3.63, 3.8) is 0 Å². The van der Waals surface area contributed by atoms with Gasteiger partial charge < -0.3 is 19.2 Å². The predicted octanol–water partition coefficient (Wildman–Crippen LogP) is 3.29. The van der Waals surface area contributed by atoms with E-state index in [0.29, 0.717) is 43.3 Å². The summed E-state index contributed by atoms with van der Waals surface area (Å²) in [6.07, 6.45) is 3.18. The molecule has 7 nitrogen and oxygen atoms in total. The molecule has 0 unspecified atom stereocenters. The van der Waals surface area contributed by atoms with Gasteiger partial charge in [-0.25, -0.2) is 0 Å². The average Bonchev–Trinajstić information content (AvgIpc) is 3.38. The second-order valence-electron chi connectivity index (χ2n) is 6.44.